The highest BCUT2D eigenvalue weighted by Gasteiger charge is 2.09. The van der Waals surface area contributed by atoms with Gasteiger partial charge in [-0.1, -0.05) is 0 Å². The third-order valence-electron chi connectivity index (χ3n) is 3.72. The zero-order chi connectivity index (χ0) is 16.6. The molecular formula is C18H19N3OS. The Balaban J connectivity index is 1.86. The van der Waals surface area contributed by atoms with Gasteiger partial charge in [-0.3, -0.25) is 9.20 Å². The maximum absolute atomic E-state index is 12.3. The molecule has 0 aliphatic rings. The monoisotopic (exact) mass is 325 g/mol. The lowest BCUT2D eigenvalue weighted by atomic mass is 10.1. The first kappa shape index (κ1) is 15.5. The molecular weight excluding hydrogens is 306 g/mol. The number of nitrogens with zero attached hydrogens (tertiary/aromatic N) is 3. The molecule has 0 bridgehead atoms. The molecule has 23 heavy (non-hydrogen) atoms. The van der Waals surface area contributed by atoms with E-state index < -0.39 is 0 Å². The van der Waals surface area contributed by atoms with E-state index in [0.717, 1.165) is 22.0 Å². The van der Waals surface area contributed by atoms with E-state index in [1.165, 1.54) is 4.88 Å². The van der Waals surface area contributed by atoms with Crippen LogP contribution in [0.4, 0.5) is 5.69 Å². The first-order valence-electron chi connectivity index (χ1n) is 7.40. The zero-order valence-corrected chi connectivity index (χ0v) is 14.5. The molecule has 0 unspecified atom stereocenters. The van der Waals surface area contributed by atoms with E-state index in [9.17, 15) is 4.79 Å². The summed E-state index contributed by atoms with van der Waals surface area (Å²) in [6.07, 6.45) is 5.52. The summed E-state index contributed by atoms with van der Waals surface area (Å²) in [4.78, 5) is 21.0. The number of imidazole rings is 1. The average molecular weight is 325 g/mol. The van der Waals surface area contributed by atoms with Crippen LogP contribution in [0.15, 0.2) is 36.5 Å². The highest BCUT2D eigenvalue weighted by Crippen LogP contribution is 2.22. The summed E-state index contributed by atoms with van der Waals surface area (Å²) in [6, 6.07) is 7.61. The Morgan fingerprint density at radius 3 is 2.57 bits per heavy atom. The van der Waals surface area contributed by atoms with Gasteiger partial charge in [0.15, 0.2) is 10.7 Å². The number of ketones is 1. The summed E-state index contributed by atoms with van der Waals surface area (Å²) in [5, 5.41) is 0. The Kier molecular flexibility index (Phi) is 4.05. The SMILES string of the molecule is Cc1cn2c(/C=C/C(=O)c3ccc(N(C)C)cc3)c(C)nc2s1. The number of aromatic nitrogens is 2. The van der Waals surface area contributed by atoms with E-state index in [0.29, 0.717) is 5.56 Å². The number of benzene rings is 1. The molecule has 3 aromatic rings. The van der Waals surface area contributed by atoms with Gasteiger partial charge in [-0.2, -0.15) is 0 Å². The van der Waals surface area contributed by atoms with Crippen LogP contribution < -0.4 is 4.90 Å². The summed E-state index contributed by atoms with van der Waals surface area (Å²) >= 11 is 1.65. The van der Waals surface area contributed by atoms with Crippen molar-refractivity contribution in [2.75, 3.05) is 19.0 Å². The first-order valence-corrected chi connectivity index (χ1v) is 8.22. The fourth-order valence-electron chi connectivity index (χ4n) is 2.46. The van der Waals surface area contributed by atoms with Gasteiger partial charge in [-0.25, -0.2) is 4.98 Å². The average Bonchev–Trinajstić information content (AvgIpc) is 3.00. The quantitative estimate of drug-likeness (QED) is 0.538. The van der Waals surface area contributed by atoms with E-state index in [1.807, 2.05) is 60.7 Å². The van der Waals surface area contributed by atoms with Crippen molar-refractivity contribution in [1.29, 1.82) is 0 Å². The van der Waals surface area contributed by atoms with Gasteiger partial charge in [-0.15, -0.1) is 11.3 Å². The number of carbonyl (C=O) groups excluding carboxylic acids is 1. The highest BCUT2D eigenvalue weighted by molar-refractivity contribution is 7.17. The van der Waals surface area contributed by atoms with Crippen LogP contribution in [0.3, 0.4) is 0 Å². The van der Waals surface area contributed by atoms with Crippen molar-refractivity contribution in [3.8, 4) is 0 Å². The van der Waals surface area contributed by atoms with Crippen LogP contribution in [0.25, 0.3) is 11.0 Å². The molecule has 0 radical (unpaired) electrons. The lowest BCUT2D eigenvalue weighted by molar-refractivity contribution is 0.104. The fraction of sp³-hybridized carbons (Fsp3) is 0.222. The smallest absolute Gasteiger partial charge is 0.194 e. The van der Waals surface area contributed by atoms with Gasteiger partial charge in [0.25, 0.3) is 0 Å². The number of fused-ring (bicyclic) bond motifs is 1. The Morgan fingerprint density at radius 2 is 1.91 bits per heavy atom. The van der Waals surface area contributed by atoms with Crippen LogP contribution in [0.1, 0.15) is 26.6 Å². The summed E-state index contributed by atoms with van der Waals surface area (Å²) in [6.45, 7) is 4.02. The van der Waals surface area contributed by atoms with E-state index >= 15 is 0 Å². The molecule has 0 fully saturated rings. The predicted octanol–water partition coefficient (Wildman–Crippen LogP) is 3.97. The van der Waals surface area contributed by atoms with Crippen LogP contribution in [0, 0.1) is 13.8 Å². The third kappa shape index (κ3) is 3.05. The minimum atomic E-state index is -0.00314. The Hall–Kier alpha value is -2.40. The summed E-state index contributed by atoms with van der Waals surface area (Å²) in [7, 11) is 3.96. The summed E-state index contributed by atoms with van der Waals surface area (Å²) in [5.41, 5.74) is 3.66. The number of aryl methyl sites for hydroxylation is 2. The Bertz CT molecular complexity index is 885. The molecule has 0 aliphatic heterocycles. The number of thiazole rings is 1. The first-order chi connectivity index (χ1) is 11.0. The standard InChI is InChI=1S/C18H19N3OS/c1-12-11-21-16(13(2)19-18(21)23-12)9-10-17(22)14-5-7-15(8-6-14)20(3)4/h5-11H,1-4H3/b10-9+. The molecule has 118 valence electrons. The van der Waals surface area contributed by atoms with Crippen LogP contribution in [0.5, 0.6) is 0 Å². The summed E-state index contributed by atoms with van der Waals surface area (Å²) < 4.78 is 2.04. The van der Waals surface area contributed by atoms with E-state index in [1.54, 1.807) is 17.4 Å². The number of hydrogen-bond acceptors (Lipinski definition) is 4. The second-order valence-corrected chi connectivity index (χ2v) is 6.93. The van der Waals surface area contributed by atoms with Gasteiger partial charge >= 0.3 is 0 Å². The largest absolute Gasteiger partial charge is 0.378 e. The number of anilines is 1. The van der Waals surface area contributed by atoms with Crippen LogP contribution in [-0.4, -0.2) is 29.3 Å². The molecule has 2 heterocycles. The van der Waals surface area contributed by atoms with Crippen molar-refractivity contribution in [2.45, 2.75) is 13.8 Å². The van der Waals surface area contributed by atoms with Crippen molar-refractivity contribution < 1.29 is 4.79 Å². The fourth-order valence-corrected chi connectivity index (χ4v) is 3.33. The minimum absolute atomic E-state index is 0.00314. The van der Waals surface area contributed by atoms with Crippen molar-refractivity contribution in [3.05, 3.63) is 58.4 Å². The van der Waals surface area contributed by atoms with Crippen LogP contribution in [-0.2, 0) is 0 Å². The molecule has 3 rings (SSSR count). The van der Waals surface area contributed by atoms with Gasteiger partial charge in [0.05, 0.1) is 11.4 Å². The van der Waals surface area contributed by atoms with Gasteiger partial charge in [0.1, 0.15) is 0 Å². The number of carbonyl (C=O) groups is 1. The molecule has 0 saturated carbocycles. The lowest BCUT2D eigenvalue weighted by Gasteiger charge is -2.11. The third-order valence-corrected chi connectivity index (χ3v) is 4.62. The summed E-state index contributed by atoms with van der Waals surface area (Å²) in [5.74, 6) is -0.00314. The van der Waals surface area contributed by atoms with Crippen molar-refractivity contribution in [1.82, 2.24) is 9.38 Å². The Morgan fingerprint density at radius 1 is 1.22 bits per heavy atom. The molecule has 0 aliphatic carbocycles. The normalized spacial score (nSPS) is 11.5. The van der Waals surface area contributed by atoms with Crippen LogP contribution in [0.2, 0.25) is 0 Å². The van der Waals surface area contributed by atoms with Gasteiger partial charge < -0.3 is 4.90 Å². The lowest BCUT2D eigenvalue weighted by Crippen LogP contribution is -2.08. The van der Waals surface area contributed by atoms with E-state index in [-0.39, 0.29) is 5.78 Å². The van der Waals surface area contributed by atoms with E-state index in [2.05, 4.69) is 18.1 Å². The van der Waals surface area contributed by atoms with Gasteiger partial charge in [0.2, 0.25) is 0 Å². The van der Waals surface area contributed by atoms with Crippen molar-refractivity contribution in [3.63, 3.8) is 0 Å². The maximum Gasteiger partial charge on any atom is 0.194 e. The molecule has 0 saturated heterocycles. The van der Waals surface area contributed by atoms with Gasteiger partial charge in [0, 0.05) is 36.4 Å². The molecule has 0 N–H and O–H groups in total. The van der Waals surface area contributed by atoms with Crippen LogP contribution >= 0.6 is 11.3 Å². The second kappa shape index (κ2) is 6.01. The van der Waals surface area contributed by atoms with Crippen molar-refractivity contribution in [2.24, 2.45) is 0 Å². The Labute approximate surface area is 139 Å². The number of rotatable bonds is 4. The molecule has 4 nitrogen and oxygen atoms in total. The second-order valence-electron chi connectivity index (χ2n) is 5.72. The molecule has 5 heteroatoms. The van der Waals surface area contributed by atoms with E-state index in [4.69, 9.17) is 0 Å². The minimum Gasteiger partial charge on any atom is -0.378 e. The van der Waals surface area contributed by atoms with Crippen molar-refractivity contribution >= 4 is 33.8 Å². The molecule has 0 amide bonds. The number of allylic oxidation sites excluding steroid dienone is 1. The molecule has 2 aromatic heterocycles. The highest BCUT2D eigenvalue weighted by atomic mass is 32.1. The number of hydrogen-bond donors (Lipinski definition) is 0. The maximum atomic E-state index is 12.3. The zero-order valence-electron chi connectivity index (χ0n) is 13.7. The topological polar surface area (TPSA) is 37.6 Å². The molecule has 0 atom stereocenters. The molecule has 0 spiro atoms. The van der Waals surface area contributed by atoms with Gasteiger partial charge in [-0.05, 0) is 50.3 Å². The molecule has 1 aromatic carbocycles. The predicted molar refractivity (Wildman–Crippen MR) is 96.7 cm³/mol.